The van der Waals surface area contributed by atoms with E-state index in [-0.39, 0.29) is 0 Å². The Kier molecular flexibility index (Phi) is 2.80. The van der Waals surface area contributed by atoms with Crippen molar-refractivity contribution in [3.8, 4) is 0 Å². The van der Waals surface area contributed by atoms with Crippen LogP contribution in [0.1, 0.15) is 6.92 Å². The van der Waals surface area contributed by atoms with E-state index in [1.54, 1.807) is 12.1 Å². The van der Waals surface area contributed by atoms with Crippen LogP contribution in [0.4, 0.5) is 18.9 Å². The molecule has 0 saturated heterocycles. The minimum absolute atomic E-state index is 0.539. The molecule has 0 amide bonds. The number of anilines is 1. The number of alkyl halides is 3. The summed E-state index contributed by atoms with van der Waals surface area (Å²) in [7, 11) is 0. The predicted octanol–water partition coefficient (Wildman–Crippen LogP) is 4.26. The van der Waals surface area contributed by atoms with E-state index in [1.807, 2.05) is 17.5 Å². The quantitative estimate of drug-likeness (QED) is 0.833. The summed E-state index contributed by atoms with van der Waals surface area (Å²) in [5.41, 5.74) is 0.539. The molecule has 86 valence electrons. The highest BCUT2D eigenvalue weighted by Gasteiger charge is 2.36. The number of fused-ring (bicyclic) bond motifs is 1. The molecule has 0 aliphatic rings. The number of nitrogens with one attached hydrogen (secondary N) is 1. The maximum Gasteiger partial charge on any atom is 0.408 e. The van der Waals surface area contributed by atoms with Gasteiger partial charge in [0.1, 0.15) is 6.04 Å². The fourth-order valence-electron chi connectivity index (χ4n) is 1.42. The van der Waals surface area contributed by atoms with E-state index in [9.17, 15) is 13.2 Å². The topological polar surface area (TPSA) is 12.0 Å². The molecule has 0 aliphatic carbocycles. The second kappa shape index (κ2) is 3.97. The standard InChI is InChI=1S/C11H10F3NS/c1-7(11(12,13)14)15-9-4-2-3-8-5-6-16-10(8)9/h2-7,15H,1H3. The number of thiophene rings is 1. The molecule has 0 radical (unpaired) electrons. The molecule has 0 saturated carbocycles. The molecule has 5 heteroatoms. The Labute approximate surface area is 94.9 Å². The normalized spacial score (nSPS) is 14.0. The SMILES string of the molecule is CC(Nc1cccc2ccsc12)C(F)(F)F. The summed E-state index contributed by atoms with van der Waals surface area (Å²) < 4.78 is 38.1. The first-order chi connectivity index (χ1) is 7.48. The number of halogens is 3. The third-order valence-electron chi connectivity index (χ3n) is 2.34. The third kappa shape index (κ3) is 2.14. The van der Waals surface area contributed by atoms with Gasteiger partial charge in [0.15, 0.2) is 0 Å². The molecule has 0 bridgehead atoms. The van der Waals surface area contributed by atoms with Gasteiger partial charge in [0.2, 0.25) is 0 Å². The van der Waals surface area contributed by atoms with E-state index in [0.29, 0.717) is 5.69 Å². The average Bonchev–Trinajstić information content (AvgIpc) is 2.65. The molecule has 1 nitrogen and oxygen atoms in total. The molecule has 2 rings (SSSR count). The largest absolute Gasteiger partial charge is 0.408 e. The summed E-state index contributed by atoms with van der Waals surface area (Å²) >= 11 is 1.44. The average molecular weight is 245 g/mol. The van der Waals surface area contributed by atoms with Crippen LogP contribution < -0.4 is 5.32 Å². The van der Waals surface area contributed by atoms with Gasteiger partial charge < -0.3 is 5.32 Å². The van der Waals surface area contributed by atoms with Crippen LogP contribution in [0.5, 0.6) is 0 Å². The monoisotopic (exact) mass is 245 g/mol. The zero-order valence-electron chi connectivity index (χ0n) is 8.51. The molecule has 2 aromatic rings. The Bertz CT molecular complexity index is 489. The summed E-state index contributed by atoms with van der Waals surface area (Å²) in [6.07, 6.45) is -4.22. The van der Waals surface area contributed by atoms with Crippen LogP contribution >= 0.6 is 11.3 Å². The Morgan fingerprint density at radius 1 is 1.25 bits per heavy atom. The molecule has 1 heterocycles. The Morgan fingerprint density at radius 3 is 2.69 bits per heavy atom. The van der Waals surface area contributed by atoms with Gasteiger partial charge in [-0.15, -0.1) is 11.3 Å². The fourth-order valence-corrected chi connectivity index (χ4v) is 2.30. The Balaban J connectivity index is 2.31. The van der Waals surface area contributed by atoms with Crippen LogP contribution in [-0.4, -0.2) is 12.2 Å². The summed E-state index contributed by atoms with van der Waals surface area (Å²) in [4.78, 5) is 0. The van der Waals surface area contributed by atoms with Crippen molar-refractivity contribution in [3.05, 3.63) is 29.6 Å². The highest BCUT2D eigenvalue weighted by atomic mass is 32.1. The van der Waals surface area contributed by atoms with Gasteiger partial charge >= 0.3 is 6.18 Å². The highest BCUT2D eigenvalue weighted by molar-refractivity contribution is 7.17. The lowest BCUT2D eigenvalue weighted by molar-refractivity contribution is -0.138. The second-order valence-electron chi connectivity index (χ2n) is 3.55. The van der Waals surface area contributed by atoms with Crippen molar-refractivity contribution < 1.29 is 13.2 Å². The van der Waals surface area contributed by atoms with Crippen LogP contribution in [0.25, 0.3) is 10.1 Å². The van der Waals surface area contributed by atoms with E-state index in [1.165, 1.54) is 11.3 Å². The number of rotatable bonds is 2. The first kappa shape index (κ1) is 11.3. The fraction of sp³-hybridized carbons (Fsp3) is 0.273. The zero-order chi connectivity index (χ0) is 11.8. The van der Waals surface area contributed by atoms with E-state index in [4.69, 9.17) is 0 Å². The van der Waals surface area contributed by atoms with Crippen molar-refractivity contribution in [2.45, 2.75) is 19.1 Å². The smallest absolute Gasteiger partial charge is 0.373 e. The van der Waals surface area contributed by atoms with E-state index < -0.39 is 12.2 Å². The predicted molar refractivity (Wildman–Crippen MR) is 61.0 cm³/mol. The van der Waals surface area contributed by atoms with Crippen molar-refractivity contribution in [2.24, 2.45) is 0 Å². The molecule has 0 spiro atoms. The van der Waals surface area contributed by atoms with Crippen LogP contribution in [0, 0.1) is 0 Å². The van der Waals surface area contributed by atoms with Crippen LogP contribution in [0.3, 0.4) is 0 Å². The lowest BCUT2D eigenvalue weighted by atomic mass is 10.2. The molecule has 1 N–H and O–H groups in total. The third-order valence-corrected chi connectivity index (χ3v) is 3.31. The second-order valence-corrected chi connectivity index (χ2v) is 4.47. The van der Waals surface area contributed by atoms with Gasteiger partial charge in [0, 0.05) is 0 Å². The first-order valence-electron chi connectivity index (χ1n) is 4.78. The first-order valence-corrected chi connectivity index (χ1v) is 5.66. The molecule has 0 aliphatic heterocycles. The maximum absolute atomic E-state index is 12.4. The van der Waals surface area contributed by atoms with Crippen molar-refractivity contribution >= 4 is 27.1 Å². The summed E-state index contributed by atoms with van der Waals surface area (Å²) in [6.45, 7) is 1.12. The minimum atomic E-state index is -4.22. The highest BCUT2D eigenvalue weighted by Crippen LogP contribution is 2.31. The lowest BCUT2D eigenvalue weighted by Gasteiger charge is -2.18. The van der Waals surface area contributed by atoms with Crippen LogP contribution in [0.2, 0.25) is 0 Å². The number of hydrogen-bond acceptors (Lipinski definition) is 2. The lowest BCUT2D eigenvalue weighted by Crippen LogP contribution is -2.33. The van der Waals surface area contributed by atoms with Gasteiger partial charge in [0.05, 0.1) is 10.4 Å². The molecule has 1 unspecified atom stereocenters. The van der Waals surface area contributed by atoms with Gasteiger partial charge in [-0.05, 0) is 29.8 Å². The van der Waals surface area contributed by atoms with Gasteiger partial charge in [0.25, 0.3) is 0 Å². The van der Waals surface area contributed by atoms with E-state index >= 15 is 0 Å². The number of hydrogen-bond donors (Lipinski definition) is 1. The molecule has 16 heavy (non-hydrogen) atoms. The molecule has 1 atom stereocenters. The summed E-state index contributed by atoms with van der Waals surface area (Å²) in [5.74, 6) is 0. The maximum atomic E-state index is 12.4. The van der Waals surface area contributed by atoms with Gasteiger partial charge in [-0.1, -0.05) is 12.1 Å². The van der Waals surface area contributed by atoms with Gasteiger partial charge in [-0.25, -0.2) is 0 Å². The van der Waals surface area contributed by atoms with Crippen molar-refractivity contribution in [2.75, 3.05) is 5.32 Å². The molecule has 0 fully saturated rings. The molecular weight excluding hydrogens is 235 g/mol. The summed E-state index contributed by atoms with van der Waals surface area (Å²) in [5, 5.41) is 5.33. The van der Waals surface area contributed by atoms with Gasteiger partial charge in [-0.3, -0.25) is 0 Å². The van der Waals surface area contributed by atoms with E-state index in [0.717, 1.165) is 17.0 Å². The summed E-state index contributed by atoms with van der Waals surface area (Å²) in [6, 6.07) is 5.65. The Hall–Kier alpha value is -1.23. The van der Waals surface area contributed by atoms with Crippen molar-refractivity contribution in [1.82, 2.24) is 0 Å². The minimum Gasteiger partial charge on any atom is -0.373 e. The van der Waals surface area contributed by atoms with Crippen molar-refractivity contribution in [3.63, 3.8) is 0 Å². The van der Waals surface area contributed by atoms with Gasteiger partial charge in [-0.2, -0.15) is 13.2 Å². The molecular formula is C11H10F3NS. The Morgan fingerprint density at radius 2 is 2.00 bits per heavy atom. The van der Waals surface area contributed by atoms with Crippen LogP contribution in [0.15, 0.2) is 29.6 Å². The van der Waals surface area contributed by atoms with Crippen molar-refractivity contribution in [1.29, 1.82) is 0 Å². The zero-order valence-corrected chi connectivity index (χ0v) is 9.32. The molecule has 1 aromatic heterocycles. The van der Waals surface area contributed by atoms with Crippen LogP contribution in [-0.2, 0) is 0 Å². The molecule has 1 aromatic carbocycles. The van der Waals surface area contributed by atoms with E-state index in [2.05, 4.69) is 5.32 Å². The number of benzene rings is 1.